The Hall–Kier alpha value is -1.88. The van der Waals surface area contributed by atoms with E-state index in [1.54, 1.807) is 6.20 Å². The molecule has 0 radical (unpaired) electrons. The lowest BCUT2D eigenvalue weighted by Crippen LogP contribution is -2.36. The summed E-state index contributed by atoms with van der Waals surface area (Å²) in [6, 6.07) is 12.1. The number of para-hydroxylation sites is 1. The zero-order valence-electron chi connectivity index (χ0n) is 12.8. The second-order valence-electron chi connectivity index (χ2n) is 6.11. The maximum atomic E-state index is 12.9. The third kappa shape index (κ3) is 2.63. The Morgan fingerprint density at radius 1 is 1.17 bits per heavy atom. The lowest BCUT2D eigenvalue weighted by atomic mass is 10.1. The van der Waals surface area contributed by atoms with E-state index in [9.17, 15) is 4.79 Å². The molecule has 0 aliphatic carbocycles. The summed E-state index contributed by atoms with van der Waals surface area (Å²) in [7, 11) is 0. The molecule has 3 heterocycles. The van der Waals surface area contributed by atoms with Gasteiger partial charge in [-0.1, -0.05) is 18.2 Å². The number of fused-ring (bicyclic) bond motifs is 1. The molecule has 1 aromatic carbocycles. The number of amides is 1. The SMILES string of the molecule is O=C(C1CCN(c2ncccc2Br)C1)N1CCc2ccccc21. The summed E-state index contributed by atoms with van der Waals surface area (Å²) < 4.78 is 0.986. The molecule has 2 aliphatic heterocycles. The minimum atomic E-state index is 0.0510. The van der Waals surface area contributed by atoms with Crippen molar-refractivity contribution in [3.05, 3.63) is 52.6 Å². The Balaban J connectivity index is 1.50. The molecular formula is C18H18BrN3O. The van der Waals surface area contributed by atoms with E-state index in [1.807, 2.05) is 29.2 Å². The molecule has 2 aromatic rings. The number of carbonyl (C=O) groups is 1. The van der Waals surface area contributed by atoms with Gasteiger partial charge in [-0.3, -0.25) is 4.79 Å². The van der Waals surface area contributed by atoms with Crippen molar-refractivity contribution in [1.29, 1.82) is 0 Å². The van der Waals surface area contributed by atoms with E-state index in [2.05, 4.69) is 37.9 Å². The van der Waals surface area contributed by atoms with Gasteiger partial charge in [-0.15, -0.1) is 0 Å². The Bertz CT molecular complexity index is 749. The van der Waals surface area contributed by atoms with Crippen LogP contribution in [0.3, 0.4) is 0 Å². The van der Waals surface area contributed by atoms with Gasteiger partial charge in [0.2, 0.25) is 5.91 Å². The van der Waals surface area contributed by atoms with Crippen LogP contribution in [0, 0.1) is 5.92 Å². The maximum absolute atomic E-state index is 12.9. The molecule has 23 heavy (non-hydrogen) atoms. The number of hydrogen-bond acceptors (Lipinski definition) is 3. The molecule has 1 atom stereocenters. The van der Waals surface area contributed by atoms with Crippen molar-refractivity contribution in [3.8, 4) is 0 Å². The van der Waals surface area contributed by atoms with Gasteiger partial charge < -0.3 is 9.80 Å². The van der Waals surface area contributed by atoms with Crippen molar-refractivity contribution in [3.63, 3.8) is 0 Å². The number of carbonyl (C=O) groups excluding carboxylic acids is 1. The van der Waals surface area contributed by atoms with Gasteiger partial charge in [0, 0.05) is 31.5 Å². The second kappa shape index (κ2) is 5.96. The predicted molar refractivity (Wildman–Crippen MR) is 94.8 cm³/mol. The molecule has 0 spiro atoms. The van der Waals surface area contributed by atoms with Crippen molar-refractivity contribution >= 4 is 33.3 Å². The van der Waals surface area contributed by atoms with Crippen molar-refractivity contribution < 1.29 is 4.79 Å². The normalized spacial score (nSPS) is 20.0. The van der Waals surface area contributed by atoms with Gasteiger partial charge in [-0.2, -0.15) is 0 Å². The molecule has 0 N–H and O–H groups in total. The first kappa shape index (κ1) is 14.7. The molecule has 2 aliphatic rings. The number of anilines is 2. The van der Waals surface area contributed by atoms with Gasteiger partial charge in [-0.05, 0) is 52.5 Å². The third-order valence-corrected chi connectivity index (χ3v) is 5.35. The highest BCUT2D eigenvalue weighted by Gasteiger charge is 2.35. The first-order chi connectivity index (χ1) is 11.2. The van der Waals surface area contributed by atoms with Crippen LogP contribution in [0.5, 0.6) is 0 Å². The molecule has 1 unspecified atom stereocenters. The molecule has 1 fully saturated rings. The van der Waals surface area contributed by atoms with Gasteiger partial charge in [0.15, 0.2) is 0 Å². The topological polar surface area (TPSA) is 36.4 Å². The Morgan fingerprint density at radius 3 is 2.91 bits per heavy atom. The van der Waals surface area contributed by atoms with Crippen LogP contribution in [0.1, 0.15) is 12.0 Å². The van der Waals surface area contributed by atoms with E-state index in [0.717, 1.165) is 48.5 Å². The summed E-state index contributed by atoms with van der Waals surface area (Å²) in [6.07, 6.45) is 3.65. The van der Waals surface area contributed by atoms with Crippen molar-refractivity contribution in [1.82, 2.24) is 4.98 Å². The van der Waals surface area contributed by atoms with Crippen molar-refractivity contribution in [2.24, 2.45) is 5.92 Å². The number of halogens is 1. The van der Waals surface area contributed by atoms with Gasteiger partial charge in [-0.25, -0.2) is 4.98 Å². The standard InChI is InChI=1S/C18H18BrN3O/c19-15-5-3-9-20-17(15)21-10-7-14(12-21)18(23)22-11-8-13-4-1-2-6-16(13)22/h1-6,9,14H,7-8,10-12H2. The minimum Gasteiger partial charge on any atom is -0.355 e. The first-order valence-electron chi connectivity index (χ1n) is 7.99. The molecule has 4 nitrogen and oxygen atoms in total. The van der Waals surface area contributed by atoms with E-state index >= 15 is 0 Å². The van der Waals surface area contributed by atoms with Crippen molar-refractivity contribution in [2.45, 2.75) is 12.8 Å². The zero-order chi connectivity index (χ0) is 15.8. The summed E-state index contributed by atoms with van der Waals surface area (Å²) in [6.45, 7) is 2.43. The molecular weight excluding hydrogens is 354 g/mol. The quantitative estimate of drug-likeness (QED) is 0.812. The maximum Gasteiger partial charge on any atom is 0.231 e. The van der Waals surface area contributed by atoms with Gasteiger partial charge in [0.1, 0.15) is 5.82 Å². The second-order valence-corrected chi connectivity index (χ2v) is 6.96. The number of aromatic nitrogens is 1. The first-order valence-corrected chi connectivity index (χ1v) is 8.78. The average molecular weight is 372 g/mol. The van der Waals surface area contributed by atoms with E-state index in [1.165, 1.54) is 5.56 Å². The smallest absolute Gasteiger partial charge is 0.231 e. The Kier molecular flexibility index (Phi) is 3.81. The molecule has 118 valence electrons. The number of benzene rings is 1. The Labute approximate surface area is 144 Å². The number of rotatable bonds is 2. The third-order valence-electron chi connectivity index (χ3n) is 4.73. The average Bonchev–Trinajstić information content (AvgIpc) is 3.22. The minimum absolute atomic E-state index is 0.0510. The fourth-order valence-electron chi connectivity index (χ4n) is 3.55. The highest BCUT2D eigenvalue weighted by atomic mass is 79.9. The fourth-order valence-corrected chi connectivity index (χ4v) is 4.06. The summed E-state index contributed by atoms with van der Waals surface area (Å²) in [5, 5.41) is 0. The molecule has 4 rings (SSSR count). The summed E-state index contributed by atoms with van der Waals surface area (Å²) in [4.78, 5) is 21.6. The van der Waals surface area contributed by atoms with Gasteiger partial charge in [0.25, 0.3) is 0 Å². The summed E-state index contributed by atoms with van der Waals surface area (Å²) in [5.74, 6) is 1.24. The number of hydrogen-bond donors (Lipinski definition) is 0. The highest BCUT2D eigenvalue weighted by Crippen LogP contribution is 2.33. The lowest BCUT2D eigenvalue weighted by molar-refractivity contribution is -0.121. The van der Waals surface area contributed by atoms with Crippen LogP contribution < -0.4 is 9.80 Å². The van der Waals surface area contributed by atoms with Crippen LogP contribution >= 0.6 is 15.9 Å². The molecule has 1 aromatic heterocycles. The highest BCUT2D eigenvalue weighted by molar-refractivity contribution is 9.10. The van der Waals surface area contributed by atoms with Crippen LogP contribution in [0.4, 0.5) is 11.5 Å². The van der Waals surface area contributed by atoms with E-state index in [4.69, 9.17) is 0 Å². The number of nitrogens with zero attached hydrogens (tertiary/aromatic N) is 3. The fraction of sp³-hybridized carbons (Fsp3) is 0.333. The molecule has 5 heteroatoms. The molecule has 1 amide bonds. The van der Waals surface area contributed by atoms with Crippen LogP contribution in [0.15, 0.2) is 47.1 Å². The lowest BCUT2D eigenvalue weighted by Gasteiger charge is -2.22. The molecule has 0 bridgehead atoms. The summed E-state index contributed by atoms with van der Waals surface area (Å²) in [5.41, 5.74) is 2.37. The monoisotopic (exact) mass is 371 g/mol. The largest absolute Gasteiger partial charge is 0.355 e. The Morgan fingerprint density at radius 2 is 2.04 bits per heavy atom. The molecule has 1 saturated heterocycles. The van der Waals surface area contributed by atoms with E-state index in [-0.39, 0.29) is 11.8 Å². The van der Waals surface area contributed by atoms with Crippen LogP contribution in [-0.2, 0) is 11.2 Å². The van der Waals surface area contributed by atoms with Crippen LogP contribution in [-0.4, -0.2) is 30.5 Å². The summed E-state index contributed by atoms with van der Waals surface area (Å²) >= 11 is 3.55. The van der Waals surface area contributed by atoms with Crippen LogP contribution in [0.2, 0.25) is 0 Å². The zero-order valence-corrected chi connectivity index (χ0v) is 14.4. The van der Waals surface area contributed by atoms with Gasteiger partial charge >= 0.3 is 0 Å². The van der Waals surface area contributed by atoms with Crippen LogP contribution in [0.25, 0.3) is 0 Å². The predicted octanol–water partition coefficient (Wildman–Crippen LogP) is 3.26. The number of pyridine rings is 1. The molecule has 0 saturated carbocycles. The van der Waals surface area contributed by atoms with E-state index in [0.29, 0.717) is 0 Å². The van der Waals surface area contributed by atoms with E-state index < -0.39 is 0 Å². The van der Waals surface area contributed by atoms with Crippen molar-refractivity contribution in [2.75, 3.05) is 29.4 Å². The van der Waals surface area contributed by atoms with Gasteiger partial charge in [0.05, 0.1) is 10.4 Å².